The summed E-state index contributed by atoms with van der Waals surface area (Å²) in [7, 11) is 0. The number of Topliss-reactive ketones (excluding diaryl/α,β-unsaturated/α-hetero) is 1. The van der Waals surface area contributed by atoms with Gasteiger partial charge in [-0.05, 0) is 23.7 Å². The van der Waals surface area contributed by atoms with Crippen molar-refractivity contribution in [1.29, 1.82) is 0 Å². The number of fused-ring (bicyclic) bond motifs is 1. The highest BCUT2D eigenvalue weighted by atomic mass is 32.2. The van der Waals surface area contributed by atoms with Gasteiger partial charge in [-0.15, -0.1) is 23.1 Å². The van der Waals surface area contributed by atoms with E-state index >= 15 is 0 Å². The molecule has 5 heteroatoms. The van der Waals surface area contributed by atoms with Gasteiger partial charge in [0.05, 0.1) is 21.0 Å². The van der Waals surface area contributed by atoms with E-state index < -0.39 is 0 Å². The number of rotatable bonds is 2. The molecule has 0 fully saturated rings. The van der Waals surface area contributed by atoms with E-state index in [0.29, 0.717) is 6.42 Å². The van der Waals surface area contributed by atoms with Gasteiger partial charge in [-0.3, -0.25) is 14.8 Å². The Bertz CT molecular complexity index is 662. The van der Waals surface area contributed by atoms with E-state index in [4.69, 9.17) is 0 Å². The lowest BCUT2D eigenvalue weighted by molar-refractivity contribution is 0.0910. The van der Waals surface area contributed by atoms with Crippen molar-refractivity contribution in [3.63, 3.8) is 0 Å². The Labute approximate surface area is 126 Å². The van der Waals surface area contributed by atoms with Crippen molar-refractivity contribution in [2.75, 3.05) is 6.26 Å². The minimum atomic E-state index is 0.0256. The van der Waals surface area contributed by atoms with Crippen molar-refractivity contribution in [3.05, 3.63) is 29.7 Å². The number of ketones is 1. The van der Waals surface area contributed by atoms with Crippen LogP contribution in [0, 0.1) is 5.41 Å². The molecular weight excluding hydrogens is 288 g/mol. The number of hydrogen-bond donors (Lipinski definition) is 0. The zero-order chi connectivity index (χ0) is 14.3. The molecule has 2 heterocycles. The van der Waals surface area contributed by atoms with Gasteiger partial charge in [0.2, 0.25) is 0 Å². The number of aromatic nitrogens is 2. The van der Waals surface area contributed by atoms with Crippen LogP contribution >= 0.6 is 23.1 Å². The van der Waals surface area contributed by atoms with Gasteiger partial charge in [0, 0.05) is 24.4 Å². The maximum atomic E-state index is 12.5. The summed E-state index contributed by atoms with van der Waals surface area (Å²) in [5.41, 5.74) is 3.00. The van der Waals surface area contributed by atoms with Crippen LogP contribution in [0.15, 0.2) is 22.8 Å². The maximum Gasteiger partial charge on any atom is 0.165 e. The number of hydrogen-bond acceptors (Lipinski definition) is 5. The SMILES string of the molecule is CSc1sc(-c2cnccn2)c2c1C(=O)CC(C)(C)C2. The third-order valence-corrected chi connectivity index (χ3v) is 5.90. The molecule has 0 N–H and O–H groups in total. The summed E-state index contributed by atoms with van der Waals surface area (Å²) < 4.78 is 1.11. The van der Waals surface area contributed by atoms with Gasteiger partial charge in [-0.1, -0.05) is 13.8 Å². The normalized spacial score (nSPS) is 17.1. The van der Waals surface area contributed by atoms with E-state index in [-0.39, 0.29) is 11.2 Å². The van der Waals surface area contributed by atoms with E-state index in [9.17, 15) is 4.79 Å². The molecule has 0 aliphatic heterocycles. The molecule has 0 radical (unpaired) electrons. The topological polar surface area (TPSA) is 42.9 Å². The first-order valence-electron chi connectivity index (χ1n) is 6.51. The van der Waals surface area contributed by atoms with Crippen molar-refractivity contribution in [1.82, 2.24) is 9.97 Å². The van der Waals surface area contributed by atoms with E-state index in [1.54, 1.807) is 41.7 Å². The monoisotopic (exact) mass is 304 g/mol. The summed E-state index contributed by atoms with van der Waals surface area (Å²) in [5, 5.41) is 0. The van der Waals surface area contributed by atoms with Crippen LogP contribution in [0.3, 0.4) is 0 Å². The summed E-state index contributed by atoms with van der Waals surface area (Å²) >= 11 is 3.32. The predicted molar refractivity (Wildman–Crippen MR) is 83.6 cm³/mol. The molecule has 0 aromatic carbocycles. The number of nitrogens with zero attached hydrogens (tertiary/aromatic N) is 2. The molecule has 0 saturated heterocycles. The van der Waals surface area contributed by atoms with Gasteiger partial charge in [0.25, 0.3) is 0 Å². The summed E-state index contributed by atoms with van der Waals surface area (Å²) in [6.07, 6.45) is 8.74. The molecule has 2 aromatic rings. The predicted octanol–water partition coefficient (Wildman–Crippen LogP) is 4.08. The van der Waals surface area contributed by atoms with E-state index in [0.717, 1.165) is 26.8 Å². The van der Waals surface area contributed by atoms with Gasteiger partial charge >= 0.3 is 0 Å². The molecule has 0 saturated carbocycles. The molecule has 0 unspecified atom stereocenters. The van der Waals surface area contributed by atoms with Crippen LogP contribution in [0.2, 0.25) is 0 Å². The average Bonchev–Trinajstić information content (AvgIpc) is 2.77. The van der Waals surface area contributed by atoms with Crippen LogP contribution in [0.1, 0.15) is 36.2 Å². The van der Waals surface area contributed by atoms with Crippen molar-refractivity contribution in [3.8, 4) is 10.6 Å². The molecule has 104 valence electrons. The summed E-state index contributed by atoms with van der Waals surface area (Å²) in [6.45, 7) is 4.31. The quantitative estimate of drug-likeness (QED) is 0.784. The summed E-state index contributed by atoms with van der Waals surface area (Å²) in [6, 6.07) is 0. The van der Waals surface area contributed by atoms with Crippen molar-refractivity contribution in [2.45, 2.75) is 30.9 Å². The van der Waals surface area contributed by atoms with Gasteiger partial charge < -0.3 is 0 Å². The minimum absolute atomic E-state index is 0.0256. The first-order chi connectivity index (χ1) is 9.52. The van der Waals surface area contributed by atoms with Crippen LogP contribution in [-0.2, 0) is 6.42 Å². The highest BCUT2D eigenvalue weighted by Crippen LogP contribution is 2.47. The number of thioether (sulfide) groups is 1. The third-order valence-electron chi connectivity index (χ3n) is 3.53. The lowest BCUT2D eigenvalue weighted by Crippen LogP contribution is -2.26. The Morgan fingerprint density at radius 3 is 2.75 bits per heavy atom. The number of thiophene rings is 1. The van der Waals surface area contributed by atoms with Crippen molar-refractivity contribution >= 4 is 28.9 Å². The number of carbonyl (C=O) groups excluding carboxylic acids is 1. The smallest absolute Gasteiger partial charge is 0.165 e. The van der Waals surface area contributed by atoms with E-state index in [1.807, 2.05) is 6.26 Å². The largest absolute Gasteiger partial charge is 0.294 e. The molecule has 0 atom stereocenters. The Kier molecular flexibility index (Phi) is 3.42. The third kappa shape index (κ3) is 2.29. The van der Waals surface area contributed by atoms with E-state index in [1.165, 1.54) is 5.56 Å². The lowest BCUT2D eigenvalue weighted by Gasteiger charge is -2.29. The van der Waals surface area contributed by atoms with Gasteiger partial charge in [0.15, 0.2) is 5.78 Å². The zero-order valence-corrected chi connectivity index (χ0v) is 13.4. The molecule has 1 aliphatic carbocycles. The summed E-state index contributed by atoms with van der Waals surface area (Å²) in [4.78, 5) is 22.2. The molecule has 3 nitrogen and oxygen atoms in total. The maximum absolute atomic E-state index is 12.5. The second-order valence-electron chi connectivity index (χ2n) is 5.81. The Balaban J connectivity index is 2.21. The van der Waals surface area contributed by atoms with Gasteiger partial charge in [-0.25, -0.2) is 0 Å². The van der Waals surface area contributed by atoms with E-state index in [2.05, 4.69) is 23.8 Å². The van der Waals surface area contributed by atoms with Crippen LogP contribution < -0.4 is 0 Å². The molecule has 20 heavy (non-hydrogen) atoms. The average molecular weight is 304 g/mol. The highest BCUT2D eigenvalue weighted by molar-refractivity contribution is 8.00. The lowest BCUT2D eigenvalue weighted by atomic mass is 9.74. The van der Waals surface area contributed by atoms with Crippen LogP contribution in [0.25, 0.3) is 10.6 Å². The van der Waals surface area contributed by atoms with Gasteiger partial charge in [-0.2, -0.15) is 0 Å². The van der Waals surface area contributed by atoms with Crippen LogP contribution in [-0.4, -0.2) is 22.0 Å². The van der Waals surface area contributed by atoms with Gasteiger partial charge in [0.1, 0.15) is 0 Å². The highest BCUT2D eigenvalue weighted by Gasteiger charge is 2.36. The van der Waals surface area contributed by atoms with Crippen LogP contribution in [0.5, 0.6) is 0 Å². The second-order valence-corrected chi connectivity index (χ2v) is 7.90. The van der Waals surface area contributed by atoms with Crippen molar-refractivity contribution < 1.29 is 4.79 Å². The minimum Gasteiger partial charge on any atom is -0.294 e. The zero-order valence-electron chi connectivity index (χ0n) is 11.8. The first kappa shape index (κ1) is 13.8. The Hall–Kier alpha value is -1.20. The second kappa shape index (κ2) is 4.97. The molecule has 0 spiro atoms. The van der Waals surface area contributed by atoms with Crippen LogP contribution in [0.4, 0.5) is 0 Å². The fourth-order valence-electron chi connectivity index (χ4n) is 2.72. The first-order valence-corrected chi connectivity index (χ1v) is 8.55. The molecule has 0 bridgehead atoms. The fourth-order valence-corrected chi connectivity index (χ4v) is 4.78. The number of carbonyl (C=O) groups is 1. The standard InChI is InChI=1S/C15H16N2OS2/c1-15(2)6-9-12(11(18)7-15)14(19-3)20-13(9)10-8-16-4-5-17-10/h4-5,8H,6-7H2,1-3H3. The fraction of sp³-hybridized carbons (Fsp3) is 0.400. The Morgan fingerprint density at radius 2 is 2.10 bits per heavy atom. The molecule has 1 aliphatic rings. The molecular formula is C15H16N2OS2. The molecule has 0 amide bonds. The Morgan fingerprint density at radius 1 is 1.30 bits per heavy atom. The molecule has 2 aromatic heterocycles. The van der Waals surface area contributed by atoms with Crippen molar-refractivity contribution in [2.24, 2.45) is 5.41 Å². The molecule has 3 rings (SSSR count). The summed E-state index contributed by atoms with van der Waals surface area (Å²) in [5.74, 6) is 0.270.